The van der Waals surface area contributed by atoms with Crippen molar-refractivity contribution in [1.29, 1.82) is 5.41 Å². The number of hydrogen-bond donors (Lipinski definition) is 2. The van der Waals surface area contributed by atoms with Gasteiger partial charge in [0.1, 0.15) is 5.75 Å². The molecule has 1 saturated heterocycles. The highest BCUT2D eigenvalue weighted by molar-refractivity contribution is 8.19. The van der Waals surface area contributed by atoms with E-state index < -0.39 is 0 Å². The van der Waals surface area contributed by atoms with Crippen LogP contribution in [0.4, 0.5) is 10.8 Å². The molecule has 0 saturated carbocycles. The molecule has 2 aromatic carbocycles. The van der Waals surface area contributed by atoms with Crippen molar-refractivity contribution in [1.82, 2.24) is 4.98 Å². The number of hydrogen-bond acceptors (Lipinski definition) is 7. The molecule has 32 heavy (non-hydrogen) atoms. The van der Waals surface area contributed by atoms with Gasteiger partial charge in [0.15, 0.2) is 16.9 Å². The molecular weight excluding hydrogens is 491 g/mol. The van der Waals surface area contributed by atoms with Crippen molar-refractivity contribution >= 4 is 80.2 Å². The number of carbonyl (C=O) groups excluding carboxylic acids is 2. The third kappa shape index (κ3) is 5.13. The largest absolute Gasteiger partial charge is 0.483 e. The van der Waals surface area contributed by atoms with Crippen LogP contribution < -0.4 is 15.0 Å². The molecule has 2 heterocycles. The molecule has 0 spiro atoms. The maximum atomic E-state index is 12.8. The van der Waals surface area contributed by atoms with Crippen LogP contribution in [0.25, 0.3) is 6.08 Å². The summed E-state index contributed by atoms with van der Waals surface area (Å²) in [7, 11) is 0. The second kappa shape index (κ2) is 9.74. The van der Waals surface area contributed by atoms with Crippen LogP contribution in [-0.2, 0) is 9.59 Å². The SMILES string of the molecule is N=C1S/C(=C\c2cc(Cl)ccc2OCC(=O)Nc2ccc(Cl)cc2)C(=O)N1c1nccs1. The molecule has 1 aliphatic heterocycles. The number of rotatable bonds is 6. The lowest BCUT2D eigenvalue weighted by molar-refractivity contribution is -0.118. The quantitative estimate of drug-likeness (QED) is 0.430. The fraction of sp³-hybridized carbons (Fsp3) is 0.0476. The van der Waals surface area contributed by atoms with E-state index in [2.05, 4.69) is 10.3 Å². The monoisotopic (exact) mass is 504 g/mol. The molecule has 1 fully saturated rings. The summed E-state index contributed by atoms with van der Waals surface area (Å²) in [6, 6.07) is 11.6. The molecule has 1 aliphatic rings. The number of halogens is 2. The predicted octanol–water partition coefficient (Wildman–Crippen LogP) is 5.52. The van der Waals surface area contributed by atoms with Crippen LogP contribution in [0.5, 0.6) is 5.75 Å². The maximum Gasteiger partial charge on any atom is 0.273 e. The molecule has 3 aromatic rings. The molecule has 7 nitrogen and oxygen atoms in total. The summed E-state index contributed by atoms with van der Waals surface area (Å²) in [6.45, 7) is -0.247. The van der Waals surface area contributed by atoms with Gasteiger partial charge in [0, 0.05) is 32.9 Å². The predicted molar refractivity (Wildman–Crippen MR) is 130 cm³/mol. The number of aromatic nitrogens is 1. The van der Waals surface area contributed by atoms with Crippen LogP contribution in [0.1, 0.15) is 5.56 Å². The van der Waals surface area contributed by atoms with Crippen LogP contribution in [0.15, 0.2) is 58.9 Å². The number of ether oxygens (including phenoxy) is 1. The molecule has 0 unspecified atom stereocenters. The van der Waals surface area contributed by atoms with E-state index in [0.29, 0.717) is 37.1 Å². The fourth-order valence-corrected chi connectivity index (χ4v) is 4.61. The van der Waals surface area contributed by atoms with Crippen molar-refractivity contribution in [3.8, 4) is 5.75 Å². The summed E-state index contributed by atoms with van der Waals surface area (Å²) in [5.41, 5.74) is 1.11. The number of nitrogens with one attached hydrogen (secondary N) is 2. The number of amidine groups is 1. The number of thiazole rings is 1. The first-order valence-electron chi connectivity index (χ1n) is 9.10. The molecule has 1 aromatic heterocycles. The van der Waals surface area contributed by atoms with E-state index in [9.17, 15) is 9.59 Å². The van der Waals surface area contributed by atoms with Gasteiger partial charge < -0.3 is 10.1 Å². The smallest absolute Gasteiger partial charge is 0.273 e. The molecule has 0 aliphatic carbocycles. The third-order valence-corrected chi connectivity index (χ3v) is 6.31. The normalized spacial score (nSPS) is 14.8. The van der Waals surface area contributed by atoms with Crippen molar-refractivity contribution in [3.63, 3.8) is 0 Å². The standard InChI is InChI=1S/C21H14Cl2N4O3S2/c22-13-1-4-15(5-2-13)26-18(28)11-30-16-6-3-14(23)9-12(16)10-17-19(29)27(20(24)32-17)21-25-7-8-31-21/h1-10,24H,11H2,(H,26,28)/b17-10-,24-20?. The van der Waals surface area contributed by atoms with E-state index in [4.69, 9.17) is 33.3 Å². The Morgan fingerprint density at radius 2 is 1.94 bits per heavy atom. The van der Waals surface area contributed by atoms with E-state index in [0.717, 1.165) is 11.8 Å². The van der Waals surface area contributed by atoms with Crippen molar-refractivity contribution in [2.75, 3.05) is 16.8 Å². The van der Waals surface area contributed by atoms with Crippen LogP contribution in [-0.4, -0.2) is 28.6 Å². The molecule has 2 amide bonds. The molecule has 2 N–H and O–H groups in total. The molecule has 162 valence electrons. The van der Waals surface area contributed by atoms with Gasteiger partial charge in [-0.1, -0.05) is 23.2 Å². The van der Waals surface area contributed by atoms with Crippen molar-refractivity contribution in [3.05, 3.63) is 74.6 Å². The number of thioether (sulfide) groups is 1. The Morgan fingerprint density at radius 3 is 2.66 bits per heavy atom. The van der Waals surface area contributed by atoms with E-state index in [1.54, 1.807) is 60.1 Å². The minimum atomic E-state index is -0.360. The molecule has 4 rings (SSSR count). The zero-order chi connectivity index (χ0) is 22.7. The minimum Gasteiger partial charge on any atom is -0.483 e. The van der Waals surface area contributed by atoms with E-state index >= 15 is 0 Å². The summed E-state index contributed by atoms with van der Waals surface area (Å²) in [5.74, 6) is -0.342. The van der Waals surface area contributed by atoms with Gasteiger partial charge in [-0.25, -0.2) is 9.88 Å². The summed E-state index contributed by atoms with van der Waals surface area (Å²) in [6.07, 6.45) is 3.17. The third-order valence-electron chi connectivity index (χ3n) is 4.18. The zero-order valence-electron chi connectivity index (χ0n) is 16.2. The van der Waals surface area contributed by atoms with Crippen LogP contribution >= 0.6 is 46.3 Å². The Balaban J connectivity index is 1.50. The van der Waals surface area contributed by atoms with Crippen LogP contribution in [0, 0.1) is 5.41 Å². The van der Waals surface area contributed by atoms with Crippen molar-refractivity contribution in [2.24, 2.45) is 0 Å². The van der Waals surface area contributed by atoms with Gasteiger partial charge in [0.25, 0.3) is 11.8 Å². The van der Waals surface area contributed by atoms with Gasteiger partial charge >= 0.3 is 0 Å². The van der Waals surface area contributed by atoms with Gasteiger partial charge in [0.2, 0.25) is 0 Å². The number of amides is 2. The first-order chi connectivity index (χ1) is 15.4. The average molecular weight is 505 g/mol. The Bertz CT molecular complexity index is 1210. The Hall–Kier alpha value is -2.85. The summed E-state index contributed by atoms with van der Waals surface area (Å²) >= 11 is 14.3. The summed E-state index contributed by atoms with van der Waals surface area (Å²) in [4.78, 5) is 30.7. The Kier molecular flexibility index (Phi) is 6.80. The first-order valence-corrected chi connectivity index (χ1v) is 11.6. The lowest BCUT2D eigenvalue weighted by Crippen LogP contribution is -2.27. The van der Waals surface area contributed by atoms with Gasteiger partial charge in [-0.3, -0.25) is 15.0 Å². The Morgan fingerprint density at radius 1 is 1.19 bits per heavy atom. The topological polar surface area (TPSA) is 95.4 Å². The highest BCUT2D eigenvalue weighted by Gasteiger charge is 2.35. The molecule has 11 heteroatoms. The maximum absolute atomic E-state index is 12.8. The number of anilines is 2. The average Bonchev–Trinajstić information content (AvgIpc) is 3.37. The molecule has 0 atom stereocenters. The number of benzene rings is 2. The van der Waals surface area contributed by atoms with Gasteiger partial charge in [-0.05, 0) is 60.3 Å². The van der Waals surface area contributed by atoms with E-state index in [1.807, 2.05) is 0 Å². The Labute approximate surface area is 201 Å². The van der Waals surface area contributed by atoms with Crippen molar-refractivity contribution < 1.29 is 14.3 Å². The lowest BCUT2D eigenvalue weighted by atomic mass is 10.2. The molecular formula is C21H14Cl2N4O3S2. The number of nitrogens with zero attached hydrogens (tertiary/aromatic N) is 2. The number of carbonyl (C=O) groups is 2. The summed E-state index contributed by atoms with van der Waals surface area (Å²) < 4.78 is 5.68. The fourth-order valence-electron chi connectivity index (χ4n) is 2.77. The van der Waals surface area contributed by atoms with E-state index in [-0.39, 0.29) is 23.6 Å². The van der Waals surface area contributed by atoms with Crippen molar-refractivity contribution in [2.45, 2.75) is 0 Å². The van der Waals surface area contributed by atoms with Gasteiger partial charge in [0.05, 0.1) is 4.91 Å². The molecule has 0 radical (unpaired) electrons. The van der Waals surface area contributed by atoms with E-state index in [1.165, 1.54) is 16.2 Å². The second-order valence-electron chi connectivity index (χ2n) is 6.40. The highest BCUT2D eigenvalue weighted by Crippen LogP contribution is 2.37. The molecule has 0 bridgehead atoms. The zero-order valence-corrected chi connectivity index (χ0v) is 19.3. The van der Waals surface area contributed by atoms with Gasteiger partial charge in [-0.2, -0.15) is 0 Å². The lowest BCUT2D eigenvalue weighted by Gasteiger charge is -2.11. The second-order valence-corrected chi connectivity index (χ2v) is 9.17. The van der Waals surface area contributed by atoms with Crippen LogP contribution in [0.3, 0.4) is 0 Å². The highest BCUT2D eigenvalue weighted by atomic mass is 35.5. The van der Waals surface area contributed by atoms with Gasteiger partial charge in [-0.15, -0.1) is 11.3 Å². The first kappa shape index (κ1) is 22.3. The summed E-state index contributed by atoms with van der Waals surface area (Å²) in [5, 5.41) is 14.1. The van der Waals surface area contributed by atoms with Crippen LogP contribution in [0.2, 0.25) is 10.0 Å². The minimum absolute atomic E-state index is 0.0584.